The third kappa shape index (κ3) is 4.32. The lowest BCUT2D eigenvalue weighted by Gasteiger charge is -2.29. The van der Waals surface area contributed by atoms with Gasteiger partial charge in [-0.05, 0) is 40.3 Å². The summed E-state index contributed by atoms with van der Waals surface area (Å²) < 4.78 is 27.8. The molecule has 3 nitrogen and oxygen atoms in total. The Bertz CT molecular complexity index is 499. The van der Waals surface area contributed by atoms with Crippen molar-refractivity contribution in [2.75, 3.05) is 12.4 Å². The second-order valence-corrected chi connectivity index (χ2v) is 9.39. The van der Waals surface area contributed by atoms with Crippen molar-refractivity contribution in [3.8, 4) is 0 Å². The third-order valence-corrected chi connectivity index (χ3v) is 8.22. The van der Waals surface area contributed by atoms with Crippen LogP contribution in [-0.2, 0) is 10.0 Å². The van der Waals surface area contributed by atoms with E-state index in [0.717, 1.165) is 24.2 Å². The third-order valence-electron chi connectivity index (χ3n) is 3.31. The standard InChI is InChI=1S/C11H16BrCl2NO2S2/c1-3-11(4-2,6-13)7-15-19(16,17)9-5-8(14)10(12)18-9/h5,15H,3-4,6-7H2,1-2H3. The monoisotopic (exact) mass is 407 g/mol. The van der Waals surface area contributed by atoms with Crippen LogP contribution in [0.15, 0.2) is 14.1 Å². The number of hydrogen-bond donors (Lipinski definition) is 1. The molecule has 8 heteroatoms. The lowest BCUT2D eigenvalue weighted by Crippen LogP contribution is -2.38. The zero-order chi connectivity index (χ0) is 14.7. The molecule has 1 aromatic rings. The average Bonchev–Trinajstić information content (AvgIpc) is 2.73. The topological polar surface area (TPSA) is 46.2 Å². The second kappa shape index (κ2) is 7.09. The van der Waals surface area contributed by atoms with Crippen LogP contribution >= 0.6 is 50.5 Å². The number of rotatable bonds is 7. The van der Waals surface area contributed by atoms with E-state index in [9.17, 15) is 8.42 Å². The van der Waals surface area contributed by atoms with Crippen molar-refractivity contribution in [2.45, 2.75) is 30.9 Å². The molecule has 0 spiro atoms. The van der Waals surface area contributed by atoms with Crippen molar-refractivity contribution in [3.05, 3.63) is 14.9 Å². The summed E-state index contributed by atoms with van der Waals surface area (Å²) in [6.45, 7) is 4.36. The quantitative estimate of drug-likeness (QED) is 0.675. The number of nitrogens with one attached hydrogen (secondary N) is 1. The molecule has 0 saturated heterocycles. The lowest BCUT2D eigenvalue weighted by molar-refractivity contribution is 0.305. The van der Waals surface area contributed by atoms with Gasteiger partial charge in [-0.15, -0.1) is 22.9 Å². The smallest absolute Gasteiger partial charge is 0.210 e. The van der Waals surface area contributed by atoms with E-state index < -0.39 is 10.0 Å². The summed E-state index contributed by atoms with van der Waals surface area (Å²) in [5, 5.41) is 0.403. The Balaban J connectivity index is 2.86. The molecule has 0 fully saturated rings. The molecule has 1 heterocycles. The first-order valence-corrected chi connectivity index (χ1v) is 9.81. The summed E-state index contributed by atoms with van der Waals surface area (Å²) in [6, 6.07) is 1.44. The number of alkyl halides is 1. The molecule has 0 bridgehead atoms. The van der Waals surface area contributed by atoms with Crippen LogP contribution in [0.3, 0.4) is 0 Å². The van der Waals surface area contributed by atoms with Crippen LogP contribution in [0.5, 0.6) is 0 Å². The highest BCUT2D eigenvalue weighted by molar-refractivity contribution is 9.11. The van der Waals surface area contributed by atoms with Gasteiger partial charge in [-0.25, -0.2) is 13.1 Å². The van der Waals surface area contributed by atoms with E-state index in [2.05, 4.69) is 20.7 Å². The molecule has 19 heavy (non-hydrogen) atoms. The molecule has 0 unspecified atom stereocenters. The molecular formula is C11H16BrCl2NO2S2. The van der Waals surface area contributed by atoms with Crippen LogP contribution in [-0.4, -0.2) is 20.8 Å². The van der Waals surface area contributed by atoms with E-state index >= 15 is 0 Å². The van der Waals surface area contributed by atoms with Crippen molar-refractivity contribution in [3.63, 3.8) is 0 Å². The van der Waals surface area contributed by atoms with Gasteiger partial charge in [-0.1, -0.05) is 25.4 Å². The zero-order valence-corrected chi connectivity index (χ0v) is 15.4. The first-order valence-electron chi connectivity index (χ1n) is 5.80. The first kappa shape index (κ1) is 17.7. The summed E-state index contributed by atoms with van der Waals surface area (Å²) in [6.07, 6.45) is 1.65. The molecule has 110 valence electrons. The van der Waals surface area contributed by atoms with Gasteiger partial charge in [0.15, 0.2) is 0 Å². The number of halogens is 3. The Morgan fingerprint density at radius 1 is 1.42 bits per heavy atom. The van der Waals surface area contributed by atoms with Crippen molar-refractivity contribution < 1.29 is 8.42 Å². The minimum atomic E-state index is -3.53. The summed E-state index contributed by atoms with van der Waals surface area (Å²) in [5.74, 6) is 0.428. The van der Waals surface area contributed by atoms with E-state index in [1.54, 1.807) is 0 Å². The maximum Gasteiger partial charge on any atom is 0.250 e. The van der Waals surface area contributed by atoms with Gasteiger partial charge >= 0.3 is 0 Å². The first-order chi connectivity index (χ1) is 8.80. The van der Waals surface area contributed by atoms with Gasteiger partial charge in [-0.3, -0.25) is 0 Å². The highest BCUT2D eigenvalue weighted by Gasteiger charge is 2.28. The maximum atomic E-state index is 12.2. The number of thiophene rings is 1. The van der Waals surface area contributed by atoms with Gasteiger partial charge in [0.25, 0.3) is 0 Å². The fourth-order valence-electron chi connectivity index (χ4n) is 1.51. The second-order valence-electron chi connectivity index (χ2n) is 4.35. The van der Waals surface area contributed by atoms with Crippen LogP contribution < -0.4 is 4.72 Å². The van der Waals surface area contributed by atoms with Gasteiger partial charge in [0, 0.05) is 12.4 Å². The molecule has 0 amide bonds. The minimum Gasteiger partial charge on any atom is -0.210 e. The van der Waals surface area contributed by atoms with Gasteiger partial charge in [0.2, 0.25) is 10.0 Å². The summed E-state index contributed by atoms with van der Waals surface area (Å²) in [5.41, 5.74) is -0.201. The highest BCUT2D eigenvalue weighted by Crippen LogP contribution is 2.35. The van der Waals surface area contributed by atoms with Crippen LogP contribution in [0, 0.1) is 5.41 Å². The number of hydrogen-bond acceptors (Lipinski definition) is 3. The highest BCUT2D eigenvalue weighted by atomic mass is 79.9. The Morgan fingerprint density at radius 2 is 2.00 bits per heavy atom. The number of sulfonamides is 1. The summed E-state index contributed by atoms with van der Waals surface area (Å²) in [7, 11) is -3.53. The van der Waals surface area contributed by atoms with Crippen molar-refractivity contribution in [1.29, 1.82) is 0 Å². The van der Waals surface area contributed by atoms with Crippen LogP contribution in [0.2, 0.25) is 5.02 Å². The van der Waals surface area contributed by atoms with Crippen LogP contribution in [0.1, 0.15) is 26.7 Å². The van der Waals surface area contributed by atoms with Crippen molar-refractivity contribution in [1.82, 2.24) is 4.72 Å². The van der Waals surface area contributed by atoms with Gasteiger partial charge in [-0.2, -0.15) is 0 Å². The van der Waals surface area contributed by atoms with Gasteiger partial charge < -0.3 is 0 Å². The molecular weight excluding hydrogens is 393 g/mol. The Hall–Kier alpha value is 0.670. The maximum absolute atomic E-state index is 12.2. The normalized spacial score (nSPS) is 12.9. The van der Waals surface area contributed by atoms with Crippen LogP contribution in [0.4, 0.5) is 0 Å². The molecule has 0 saturated carbocycles. The van der Waals surface area contributed by atoms with E-state index in [0.29, 0.717) is 21.2 Å². The predicted molar refractivity (Wildman–Crippen MR) is 86.0 cm³/mol. The van der Waals surface area contributed by atoms with E-state index in [4.69, 9.17) is 23.2 Å². The molecule has 0 radical (unpaired) electrons. The fraction of sp³-hybridized carbons (Fsp3) is 0.636. The van der Waals surface area contributed by atoms with E-state index in [1.807, 2.05) is 13.8 Å². The summed E-state index contributed by atoms with van der Waals surface area (Å²) in [4.78, 5) is 0. The molecule has 0 atom stereocenters. The Kier molecular flexibility index (Phi) is 6.61. The minimum absolute atomic E-state index is 0.201. The lowest BCUT2D eigenvalue weighted by atomic mass is 9.85. The van der Waals surface area contributed by atoms with Crippen LogP contribution in [0.25, 0.3) is 0 Å². The SMILES string of the molecule is CCC(CC)(CCl)CNS(=O)(=O)c1cc(Cl)c(Br)s1. The Labute approximate surface area is 136 Å². The van der Waals surface area contributed by atoms with Crippen molar-refractivity contribution in [2.24, 2.45) is 5.41 Å². The average molecular weight is 409 g/mol. The van der Waals surface area contributed by atoms with Gasteiger partial charge in [0.1, 0.15) is 4.21 Å². The van der Waals surface area contributed by atoms with E-state index in [-0.39, 0.29) is 9.62 Å². The fourth-order valence-corrected chi connectivity index (χ4v) is 5.59. The Morgan fingerprint density at radius 3 is 2.37 bits per heavy atom. The molecule has 0 aromatic carbocycles. The van der Waals surface area contributed by atoms with Crippen molar-refractivity contribution >= 4 is 60.5 Å². The largest absolute Gasteiger partial charge is 0.250 e. The zero-order valence-electron chi connectivity index (χ0n) is 10.7. The molecule has 0 aliphatic carbocycles. The molecule has 1 N–H and O–H groups in total. The molecule has 1 aromatic heterocycles. The molecule has 1 rings (SSSR count). The predicted octanol–water partition coefficient (Wildman–Crippen LogP) is 4.49. The van der Waals surface area contributed by atoms with E-state index in [1.165, 1.54) is 6.07 Å². The van der Waals surface area contributed by atoms with Gasteiger partial charge in [0.05, 0.1) is 8.81 Å². The molecule has 0 aliphatic rings. The molecule has 0 aliphatic heterocycles. The summed E-state index contributed by atoms with van der Waals surface area (Å²) >= 11 is 16.1.